The molecule has 1 saturated heterocycles. The van der Waals surface area contributed by atoms with Gasteiger partial charge in [-0.2, -0.15) is 4.31 Å². The topological polar surface area (TPSA) is 163 Å². The fourth-order valence-electron chi connectivity index (χ4n) is 3.35. The molecule has 0 radical (unpaired) electrons. The number of benzene rings is 2. The summed E-state index contributed by atoms with van der Waals surface area (Å²) in [6.45, 7) is 0.948. The van der Waals surface area contributed by atoms with Gasteiger partial charge < -0.3 is 4.42 Å². The standard InChI is InChI=1S/C19H17N5O7S2/c25-23(26)14-7-8-17(16(12-14)24(27)28)32-19-21-20-18(31-19)13-5-4-6-15(11-13)33(29,30)22-9-2-1-3-10-22/h4-8,11-12H,1-3,9-10H2. The first kappa shape index (κ1) is 22.8. The van der Waals surface area contributed by atoms with Gasteiger partial charge in [-0.25, -0.2) is 8.42 Å². The van der Waals surface area contributed by atoms with Gasteiger partial charge in [0, 0.05) is 24.7 Å². The van der Waals surface area contributed by atoms with Crippen LogP contribution in [0.4, 0.5) is 11.4 Å². The van der Waals surface area contributed by atoms with Crippen molar-refractivity contribution in [3.63, 3.8) is 0 Å². The van der Waals surface area contributed by atoms with E-state index < -0.39 is 31.2 Å². The summed E-state index contributed by atoms with van der Waals surface area (Å²) in [6.07, 6.45) is 2.64. The Morgan fingerprint density at radius 1 is 0.970 bits per heavy atom. The third kappa shape index (κ3) is 4.86. The summed E-state index contributed by atoms with van der Waals surface area (Å²) >= 11 is 0.780. The van der Waals surface area contributed by atoms with Crippen LogP contribution < -0.4 is 0 Å². The molecule has 0 unspecified atom stereocenters. The second-order valence-corrected chi connectivity index (χ2v) is 10.1. The lowest BCUT2D eigenvalue weighted by Crippen LogP contribution is -2.35. The number of aromatic nitrogens is 2. The highest BCUT2D eigenvalue weighted by Crippen LogP contribution is 2.37. The number of nitrogens with zero attached hydrogens (tertiary/aromatic N) is 5. The van der Waals surface area contributed by atoms with Crippen LogP contribution in [0.1, 0.15) is 19.3 Å². The molecular weight excluding hydrogens is 474 g/mol. The average Bonchev–Trinajstić information content (AvgIpc) is 3.28. The number of sulfonamides is 1. The molecule has 3 aromatic rings. The largest absolute Gasteiger partial charge is 0.411 e. The first-order valence-electron chi connectivity index (χ1n) is 9.80. The molecule has 14 heteroatoms. The summed E-state index contributed by atoms with van der Waals surface area (Å²) < 4.78 is 32.9. The SMILES string of the molecule is O=[N+]([O-])c1ccc(Sc2nnc(-c3cccc(S(=O)(=O)N4CCCCC4)c3)o2)c([N+](=O)[O-])c1. The highest BCUT2D eigenvalue weighted by molar-refractivity contribution is 7.99. The van der Waals surface area contributed by atoms with Gasteiger partial charge in [-0.05, 0) is 48.9 Å². The zero-order valence-corrected chi connectivity index (χ0v) is 18.6. The van der Waals surface area contributed by atoms with Crippen LogP contribution in [0.25, 0.3) is 11.5 Å². The lowest BCUT2D eigenvalue weighted by atomic mass is 10.2. The van der Waals surface area contributed by atoms with E-state index in [1.807, 2.05) is 0 Å². The van der Waals surface area contributed by atoms with Crippen LogP contribution in [0.2, 0.25) is 0 Å². The van der Waals surface area contributed by atoms with Gasteiger partial charge in [0.25, 0.3) is 16.6 Å². The van der Waals surface area contributed by atoms with Gasteiger partial charge in [-0.3, -0.25) is 20.2 Å². The molecule has 0 atom stereocenters. The van der Waals surface area contributed by atoms with E-state index in [2.05, 4.69) is 10.2 Å². The Morgan fingerprint density at radius 2 is 1.73 bits per heavy atom. The molecule has 0 aliphatic carbocycles. The molecule has 0 amide bonds. The van der Waals surface area contributed by atoms with Gasteiger partial charge in [0.1, 0.15) is 0 Å². The third-order valence-corrected chi connectivity index (χ3v) is 7.79. The van der Waals surface area contributed by atoms with Crippen molar-refractivity contribution in [2.24, 2.45) is 0 Å². The maximum absolute atomic E-state index is 12.9. The third-order valence-electron chi connectivity index (χ3n) is 4.99. The molecule has 0 bridgehead atoms. The highest BCUT2D eigenvalue weighted by Gasteiger charge is 2.27. The van der Waals surface area contributed by atoms with Gasteiger partial charge in [0.15, 0.2) is 0 Å². The van der Waals surface area contributed by atoms with E-state index in [4.69, 9.17) is 4.42 Å². The van der Waals surface area contributed by atoms with E-state index >= 15 is 0 Å². The van der Waals surface area contributed by atoms with Gasteiger partial charge in [-0.1, -0.05) is 12.5 Å². The molecule has 2 heterocycles. The van der Waals surface area contributed by atoms with Crippen molar-refractivity contribution in [1.29, 1.82) is 0 Å². The molecule has 0 saturated carbocycles. The van der Waals surface area contributed by atoms with Gasteiger partial charge in [0.2, 0.25) is 15.9 Å². The summed E-state index contributed by atoms with van der Waals surface area (Å²) in [4.78, 5) is 20.9. The van der Waals surface area contributed by atoms with E-state index in [1.54, 1.807) is 12.1 Å². The van der Waals surface area contributed by atoms with Gasteiger partial charge in [0.05, 0.1) is 25.7 Å². The molecule has 0 N–H and O–H groups in total. The normalized spacial score (nSPS) is 14.8. The number of rotatable bonds is 7. The van der Waals surface area contributed by atoms with Crippen LogP contribution >= 0.6 is 11.8 Å². The molecule has 0 spiro atoms. The van der Waals surface area contributed by atoms with Crippen molar-refractivity contribution in [1.82, 2.24) is 14.5 Å². The van der Waals surface area contributed by atoms with Crippen LogP contribution in [0.15, 0.2) is 61.9 Å². The molecule has 1 fully saturated rings. The zero-order valence-electron chi connectivity index (χ0n) is 17.0. The van der Waals surface area contributed by atoms with E-state index in [-0.39, 0.29) is 20.9 Å². The summed E-state index contributed by atoms with van der Waals surface area (Å²) in [5.41, 5.74) is -0.502. The molecule has 4 rings (SSSR count). The summed E-state index contributed by atoms with van der Waals surface area (Å²) in [5.74, 6) is 0.0396. The van der Waals surface area contributed by atoms with Crippen molar-refractivity contribution < 1.29 is 22.7 Å². The first-order chi connectivity index (χ1) is 15.8. The molecule has 172 valence electrons. The summed E-state index contributed by atoms with van der Waals surface area (Å²) in [5, 5.41) is 29.9. The fourth-order valence-corrected chi connectivity index (χ4v) is 5.68. The maximum atomic E-state index is 12.9. The second kappa shape index (κ2) is 9.25. The number of nitro benzene ring substituents is 2. The maximum Gasteiger partial charge on any atom is 0.290 e. The van der Waals surface area contributed by atoms with Crippen LogP contribution in [-0.4, -0.2) is 45.9 Å². The van der Waals surface area contributed by atoms with E-state index in [1.165, 1.54) is 22.5 Å². The number of hydrogen-bond acceptors (Lipinski definition) is 10. The Balaban J connectivity index is 1.59. The Hall–Kier alpha value is -3.36. The van der Waals surface area contributed by atoms with Gasteiger partial charge >= 0.3 is 0 Å². The van der Waals surface area contributed by atoms with E-state index in [0.717, 1.165) is 43.2 Å². The average molecular weight is 492 g/mol. The van der Waals surface area contributed by atoms with Crippen molar-refractivity contribution in [3.05, 3.63) is 62.7 Å². The predicted octanol–water partition coefficient (Wildman–Crippen LogP) is 3.88. The van der Waals surface area contributed by atoms with Crippen LogP contribution in [0.3, 0.4) is 0 Å². The minimum atomic E-state index is -3.65. The van der Waals surface area contributed by atoms with Crippen molar-refractivity contribution >= 4 is 33.2 Å². The van der Waals surface area contributed by atoms with E-state index in [0.29, 0.717) is 18.7 Å². The molecule has 1 aliphatic heterocycles. The molecular formula is C19H17N5O7S2. The van der Waals surface area contributed by atoms with E-state index in [9.17, 15) is 28.6 Å². The molecule has 1 aliphatic rings. The minimum absolute atomic E-state index is 0.0359. The lowest BCUT2D eigenvalue weighted by molar-refractivity contribution is -0.396. The Morgan fingerprint density at radius 3 is 2.42 bits per heavy atom. The highest BCUT2D eigenvalue weighted by atomic mass is 32.2. The van der Waals surface area contributed by atoms with Gasteiger partial charge in [-0.15, -0.1) is 10.2 Å². The Kier molecular flexibility index (Phi) is 6.40. The molecule has 33 heavy (non-hydrogen) atoms. The number of hydrogen-bond donors (Lipinski definition) is 0. The van der Waals surface area contributed by atoms with Crippen molar-refractivity contribution in [2.45, 2.75) is 34.3 Å². The number of piperidine rings is 1. The Labute approximate surface area is 192 Å². The monoisotopic (exact) mass is 491 g/mol. The molecule has 2 aromatic carbocycles. The quantitative estimate of drug-likeness (QED) is 0.350. The number of nitro groups is 2. The van der Waals surface area contributed by atoms with Crippen LogP contribution in [-0.2, 0) is 10.0 Å². The lowest BCUT2D eigenvalue weighted by Gasteiger charge is -2.25. The zero-order chi connectivity index (χ0) is 23.6. The number of non-ortho nitro benzene ring substituents is 1. The first-order valence-corrected chi connectivity index (χ1v) is 12.1. The molecule has 12 nitrogen and oxygen atoms in total. The fraction of sp³-hybridized carbons (Fsp3) is 0.263. The molecule has 1 aromatic heterocycles. The summed E-state index contributed by atoms with van der Waals surface area (Å²) in [7, 11) is -3.65. The minimum Gasteiger partial charge on any atom is -0.411 e. The van der Waals surface area contributed by atoms with Crippen molar-refractivity contribution in [3.8, 4) is 11.5 Å². The summed E-state index contributed by atoms with van der Waals surface area (Å²) in [6, 6.07) is 9.36. The predicted molar refractivity (Wildman–Crippen MR) is 116 cm³/mol. The second-order valence-electron chi connectivity index (χ2n) is 7.13. The van der Waals surface area contributed by atoms with Crippen LogP contribution in [0, 0.1) is 20.2 Å². The van der Waals surface area contributed by atoms with Crippen LogP contribution in [0.5, 0.6) is 0 Å². The smallest absolute Gasteiger partial charge is 0.290 e. The van der Waals surface area contributed by atoms with Crippen molar-refractivity contribution in [2.75, 3.05) is 13.1 Å². The Bertz CT molecular complexity index is 1320.